The third kappa shape index (κ3) is 3.08. The van der Waals surface area contributed by atoms with E-state index in [1.807, 2.05) is 4.90 Å². The number of hydrogen-bond donors (Lipinski definition) is 1. The summed E-state index contributed by atoms with van der Waals surface area (Å²) in [6, 6.07) is 3.78. The van der Waals surface area contributed by atoms with Gasteiger partial charge in [-0.15, -0.1) is 0 Å². The molecule has 6 heteroatoms. The number of nitrogens with two attached hydrogens (primary N) is 1. The van der Waals surface area contributed by atoms with Gasteiger partial charge in [-0.3, -0.25) is 9.69 Å². The molecule has 2 rings (SSSR count). The number of rotatable bonds is 3. The van der Waals surface area contributed by atoms with Crippen molar-refractivity contribution >= 4 is 5.91 Å². The quantitative estimate of drug-likeness (QED) is 0.893. The fourth-order valence-electron chi connectivity index (χ4n) is 2.13. The zero-order chi connectivity index (χ0) is 14.0. The lowest BCUT2D eigenvalue weighted by Gasteiger charge is -2.38. The van der Waals surface area contributed by atoms with Crippen molar-refractivity contribution in [3.8, 4) is 0 Å². The van der Waals surface area contributed by atoms with Crippen LogP contribution >= 0.6 is 0 Å². The Balaban J connectivity index is 2.06. The Morgan fingerprint density at radius 3 is 2.84 bits per heavy atom. The first-order valence-corrected chi connectivity index (χ1v) is 6.01. The summed E-state index contributed by atoms with van der Waals surface area (Å²) in [7, 11) is 0. The zero-order valence-electron chi connectivity index (χ0n) is 10.7. The molecule has 1 aromatic rings. The van der Waals surface area contributed by atoms with E-state index in [4.69, 9.17) is 10.5 Å². The summed E-state index contributed by atoms with van der Waals surface area (Å²) < 4.78 is 31.3. The van der Waals surface area contributed by atoms with Crippen molar-refractivity contribution in [2.75, 3.05) is 19.7 Å². The topological polar surface area (TPSA) is 55.6 Å². The zero-order valence-corrected chi connectivity index (χ0v) is 10.7. The van der Waals surface area contributed by atoms with E-state index in [0.717, 1.165) is 12.1 Å². The van der Waals surface area contributed by atoms with E-state index in [9.17, 15) is 13.6 Å². The molecule has 2 N–H and O–H groups in total. The SMILES string of the molecule is C[C@@]1(C(N)=O)CN(Cc2ccc(F)c(F)c2)CCO1. The Kier molecular flexibility index (Phi) is 3.82. The molecular formula is C13H16F2N2O2. The van der Waals surface area contributed by atoms with Crippen molar-refractivity contribution < 1.29 is 18.3 Å². The van der Waals surface area contributed by atoms with Crippen molar-refractivity contribution in [2.24, 2.45) is 5.73 Å². The third-order valence-electron chi connectivity index (χ3n) is 3.26. The molecule has 1 aliphatic rings. The Labute approximate surface area is 110 Å². The van der Waals surface area contributed by atoms with E-state index >= 15 is 0 Å². The highest BCUT2D eigenvalue weighted by Crippen LogP contribution is 2.19. The molecule has 0 unspecified atom stereocenters. The van der Waals surface area contributed by atoms with Crippen LogP contribution in [0, 0.1) is 11.6 Å². The lowest BCUT2D eigenvalue weighted by molar-refractivity contribution is -0.153. The Morgan fingerprint density at radius 2 is 2.21 bits per heavy atom. The maximum Gasteiger partial charge on any atom is 0.250 e. The van der Waals surface area contributed by atoms with E-state index < -0.39 is 23.1 Å². The largest absolute Gasteiger partial charge is 0.367 e. The highest BCUT2D eigenvalue weighted by molar-refractivity contribution is 5.83. The normalized spacial score (nSPS) is 24.4. The maximum atomic E-state index is 13.1. The van der Waals surface area contributed by atoms with E-state index in [1.54, 1.807) is 6.92 Å². The molecule has 0 bridgehead atoms. The highest BCUT2D eigenvalue weighted by Gasteiger charge is 2.37. The van der Waals surface area contributed by atoms with Gasteiger partial charge >= 0.3 is 0 Å². The van der Waals surface area contributed by atoms with Crippen molar-refractivity contribution in [3.05, 3.63) is 35.4 Å². The molecule has 104 valence electrons. The van der Waals surface area contributed by atoms with Gasteiger partial charge in [-0.25, -0.2) is 8.78 Å². The van der Waals surface area contributed by atoms with Crippen molar-refractivity contribution in [1.29, 1.82) is 0 Å². The summed E-state index contributed by atoms with van der Waals surface area (Å²) in [5, 5.41) is 0. The molecule has 0 spiro atoms. The Bertz CT molecular complexity index is 496. The molecule has 0 aliphatic carbocycles. The smallest absolute Gasteiger partial charge is 0.250 e. The van der Waals surface area contributed by atoms with Crippen LogP contribution in [0.15, 0.2) is 18.2 Å². The predicted octanol–water partition coefficient (Wildman–Crippen LogP) is 1.04. The number of halogens is 2. The Morgan fingerprint density at radius 1 is 1.47 bits per heavy atom. The first-order chi connectivity index (χ1) is 8.90. The Hall–Kier alpha value is -1.53. The number of morpholine rings is 1. The summed E-state index contributed by atoms with van der Waals surface area (Å²) in [6.07, 6.45) is 0. The molecule has 1 aromatic carbocycles. The van der Waals surface area contributed by atoms with Gasteiger partial charge < -0.3 is 10.5 Å². The number of nitrogens with zero attached hydrogens (tertiary/aromatic N) is 1. The number of amides is 1. The van der Waals surface area contributed by atoms with Gasteiger partial charge in [0, 0.05) is 19.6 Å². The summed E-state index contributed by atoms with van der Waals surface area (Å²) in [5.41, 5.74) is 4.92. The van der Waals surface area contributed by atoms with Gasteiger partial charge in [0.25, 0.3) is 5.91 Å². The maximum absolute atomic E-state index is 13.1. The van der Waals surface area contributed by atoms with Crippen LogP contribution < -0.4 is 5.73 Å². The summed E-state index contributed by atoms with van der Waals surface area (Å²) in [5.74, 6) is -2.27. The number of primary amides is 1. The highest BCUT2D eigenvalue weighted by atomic mass is 19.2. The summed E-state index contributed by atoms with van der Waals surface area (Å²) in [4.78, 5) is 13.3. The van der Waals surface area contributed by atoms with E-state index in [-0.39, 0.29) is 0 Å². The summed E-state index contributed by atoms with van der Waals surface area (Å²) in [6.45, 7) is 3.38. The number of carbonyl (C=O) groups excluding carboxylic acids is 1. The minimum absolute atomic E-state index is 0.335. The van der Waals surface area contributed by atoms with Gasteiger partial charge in [-0.1, -0.05) is 6.07 Å². The molecule has 1 amide bonds. The number of ether oxygens (including phenoxy) is 1. The standard InChI is InChI=1S/C13H16F2N2O2/c1-13(12(16)18)8-17(4-5-19-13)7-9-2-3-10(14)11(15)6-9/h2-3,6H,4-5,7-8H2,1H3,(H2,16,18)/t13-/m0/s1. The van der Waals surface area contributed by atoms with Crippen LogP contribution in [0.4, 0.5) is 8.78 Å². The summed E-state index contributed by atoms with van der Waals surface area (Å²) >= 11 is 0. The van der Waals surface area contributed by atoms with E-state index in [2.05, 4.69) is 0 Å². The first-order valence-electron chi connectivity index (χ1n) is 6.01. The molecule has 1 fully saturated rings. The molecule has 1 aliphatic heterocycles. The molecule has 0 radical (unpaired) electrons. The molecule has 0 saturated carbocycles. The molecule has 1 heterocycles. The van der Waals surface area contributed by atoms with Gasteiger partial charge in [-0.2, -0.15) is 0 Å². The molecular weight excluding hydrogens is 254 g/mol. The van der Waals surface area contributed by atoms with Gasteiger partial charge in [0.05, 0.1) is 6.61 Å². The fraction of sp³-hybridized carbons (Fsp3) is 0.462. The third-order valence-corrected chi connectivity index (χ3v) is 3.26. The van der Waals surface area contributed by atoms with Crippen LogP contribution in [0.2, 0.25) is 0 Å². The lowest BCUT2D eigenvalue weighted by atomic mass is 10.0. The van der Waals surface area contributed by atoms with E-state index in [0.29, 0.717) is 31.8 Å². The number of carbonyl (C=O) groups is 1. The van der Waals surface area contributed by atoms with Crippen LogP contribution in [-0.2, 0) is 16.1 Å². The average molecular weight is 270 g/mol. The number of hydrogen-bond acceptors (Lipinski definition) is 3. The van der Waals surface area contributed by atoms with Crippen molar-refractivity contribution in [1.82, 2.24) is 4.90 Å². The minimum atomic E-state index is -1.03. The van der Waals surface area contributed by atoms with Gasteiger partial charge in [-0.05, 0) is 24.6 Å². The second-order valence-corrected chi connectivity index (χ2v) is 4.90. The fourth-order valence-corrected chi connectivity index (χ4v) is 2.13. The van der Waals surface area contributed by atoms with Crippen LogP contribution in [0.5, 0.6) is 0 Å². The second kappa shape index (κ2) is 5.22. The minimum Gasteiger partial charge on any atom is -0.367 e. The van der Waals surface area contributed by atoms with Gasteiger partial charge in [0.2, 0.25) is 0 Å². The molecule has 19 heavy (non-hydrogen) atoms. The first kappa shape index (κ1) is 13.9. The average Bonchev–Trinajstić information content (AvgIpc) is 2.34. The van der Waals surface area contributed by atoms with Crippen molar-refractivity contribution in [2.45, 2.75) is 19.1 Å². The molecule has 0 aromatic heterocycles. The molecule has 1 atom stereocenters. The van der Waals surface area contributed by atoms with Crippen LogP contribution in [0.1, 0.15) is 12.5 Å². The van der Waals surface area contributed by atoms with E-state index in [1.165, 1.54) is 6.07 Å². The molecule has 4 nitrogen and oxygen atoms in total. The van der Waals surface area contributed by atoms with Crippen LogP contribution in [-0.4, -0.2) is 36.1 Å². The predicted molar refractivity (Wildman–Crippen MR) is 65.2 cm³/mol. The van der Waals surface area contributed by atoms with Gasteiger partial charge in [0.15, 0.2) is 17.2 Å². The number of benzene rings is 1. The van der Waals surface area contributed by atoms with Crippen LogP contribution in [0.3, 0.4) is 0 Å². The van der Waals surface area contributed by atoms with Crippen molar-refractivity contribution in [3.63, 3.8) is 0 Å². The lowest BCUT2D eigenvalue weighted by Crippen LogP contribution is -2.56. The monoisotopic (exact) mass is 270 g/mol. The molecule has 1 saturated heterocycles. The van der Waals surface area contributed by atoms with Gasteiger partial charge in [0.1, 0.15) is 0 Å². The van der Waals surface area contributed by atoms with Crippen LogP contribution in [0.25, 0.3) is 0 Å². The second-order valence-electron chi connectivity index (χ2n) is 4.90.